The number of ether oxygens (including phenoxy) is 5. The summed E-state index contributed by atoms with van der Waals surface area (Å²) in [5, 5.41) is 9.34. The van der Waals surface area contributed by atoms with Crippen LogP contribution in [0, 0.1) is 34.5 Å². The van der Waals surface area contributed by atoms with Crippen LogP contribution < -0.4 is 0 Å². The van der Waals surface area contributed by atoms with E-state index in [-0.39, 0.29) is 55.7 Å². The molecule has 320 valence electrons. The summed E-state index contributed by atoms with van der Waals surface area (Å²) in [4.78, 5) is 80.2. The first-order valence-corrected chi connectivity index (χ1v) is 19.8. The van der Waals surface area contributed by atoms with Crippen molar-refractivity contribution in [2.24, 2.45) is 34.5 Å². The Hall–Kier alpha value is -3.05. The Kier molecular flexibility index (Phi) is 17.0. The number of fused-ring (bicyclic) bond motifs is 4. The molecule has 1 N–H and O–H groups in total. The average molecular weight is 817 g/mol. The van der Waals surface area contributed by atoms with Crippen molar-refractivity contribution in [2.45, 2.75) is 99.1 Å². The molecule has 17 heteroatoms. The molecule has 8 atom stereocenters. The molecule has 0 spiro atoms. The lowest BCUT2D eigenvalue weighted by Gasteiger charge is -2.36. The summed E-state index contributed by atoms with van der Waals surface area (Å²) in [6, 6.07) is -0.0594. The van der Waals surface area contributed by atoms with Crippen molar-refractivity contribution in [3.63, 3.8) is 0 Å². The van der Waals surface area contributed by atoms with Crippen LogP contribution in [0.1, 0.15) is 74.7 Å². The standard InChI is InChI=1S/C19H30N2O6.C13H20N2O4.C6H11ClO2.CH4/c1-19(2,3)18(24)26-11-25-17(23)15-13-6-5-12(27-13)14(15)16(22)21-9-7-20(4)8-10-21;1-14-4-6-15(7-5-14)12(16)10-8-2-3-9(19-8)11(10)13(17)18;1-6(2,3)5(8)9-4-7;/h12-15H,5-11H2,1-4H3;8-11H,2-7H2,1H3,(H,17,18);4H2,1-3H3;1H4/t12-,13+,14-,15+;8-,9+,10-,11+;;/m00../s1. The van der Waals surface area contributed by atoms with Crippen LogP contribution in [0.15, 0.2) is 0 Å². The number of halogens is 1. The molecule has 6 saturated heterocycles. The molecular formula is C39H65ClN4O12. The lowest BCUT2D eigenvalue weighted by atomic mass is 9.78. The minimum Gasteiger partial charge on any atom is -0.481 e. The van der Waals surface area contributed by atoms with Gasteiger partial charge in [-0.15, -0.1) is 0 Å². The molecule has 2 amide bonds. The minimum absolute atomic E-state index is 0. The Morgan fingerprint density at radius 2 is 0.946 bits per heavy atom. The maximum Gasteiger partial charge on any atom is 0.315 e. The number of hydrogen-bond acceptors (Lipinski definition) is 13. The summed E-state index contributed by atoms with van der Waals surface area (Å²) in [7, 11) is 4.06. The molecule has 6 rings (SSSR count). The van der Waals surface area contributed by atoms with E-state index in [9.17, 15) is 33.9 Å². The lowest BCUT2D eigenvalue weighted by molar-refractivity contribution is -0.178. The molecule has 56 heavy (non-hydrogen) atoms. The number of esters is 3. The summed E-state index contributed by atoms with van der Waals surface area (Å²) in [5.74, 6) is -4.40. The van der Waals surface area contributed by atoms with E-state index >= 15 is 0 Å². The molecular weight excluding hydrogens is 752 g/mol. The minimum atomic E-state index is -0.889. The summed E-state index contributed by atoms with van der Waals surface area (Å²) in [5.41, 5.74) is -1.10. The van der Waals surface area contributed by atoms with Crippen molar-refractivity contribution in [1.29, 1.82) is 0 Å². The average Bonchev–Trinajstić information content (AvgIpc) is 3.94. The Labute approximate surface area is 336 Å². The second-order valence-corrected chi connectivity index (χ2v) is 17.6. The molecule has 16 nitrogen and oxygen atoms in total. The number of carboxylic acids is 1. The van der Waals surface area contributed by atoms with E-state index in [2.05, 4.69) is 14.5 Å². The van der Waals surface area contributed by atoms with E-state index in [1.54, 1.807) is 41.5 Å². The smallest absolute Gasteiger partial charge is 0.315 e. The number of nitrogens with zero attached hydrogens (tertiary/aromatic N) is 4. The Bertz CT molecular complexity index is 1390. The van der Waals surface area contributed by atoms with Gasteiger partial charge in [-0.25, -0.2) is 0 Å². The summed E-state index contributed by atoms with van der Waals surface area (Å²) in [6.45, 7) is 16.1. The van der Waals surface area contributed by atoms with Crippen LogP contribution in [-0.4, -0.2) is 164 Å². The third-order valence-corrected chi connectivity index (χ3v) is 11.2. The highest BCUT2D eigenvalue weighted by molar-refractivity contribution is 6.17. The van der Waals surface area contributed by atoms with E-state index in [1.807, 2.05) is 23.9 Å². The monoisotopic (exact) mass is 816 g/mol. The van der Waals surface area contributed by atoms with Crippen molar-refractivity contribution < 1.29 is 57.6 Å². The van der Waals surface area contributed by atoms with Gasteiger partial charge in [-0.3, -0.25) is 28.8 Å². The fraction of sp³-hybridized carbons (Fsp3) is 0.846. The number of aliphatic carboxylic acids is 1. The van der Waals surface area contributed by atoms with Gasteiger partial charge in [0.05, 0.1) is 58.9 Å². The number of hydrogen-bond donors (Lipinski definition) is 1. The molecule has 0 saturated carbocycles. The number of alkyl halides is 1. The highest BCUT2D eigenvalue weighted by Gasteiger charge is 2.58. The van der Waals surface area contributed by atoms with Crippen molar-refractivity contribution in [1.82, 2.24) is 19.6 Å². The summed E-state index contributed by atoms with van der Waals surface area (Å²) < 4.78 is 26.3. The van der Waals surface area contributed by atoms with Crippen molar-refractivity contribution in [2.75, 3.05) is 79.3 Å². The van der Waals surface area contributed by atoms with Crippen LogP contribution in [0.4, 0.5) is 0 Å². The number of carboxylic acid groups (broad SMARTS) is 1. The summed E-state index contributed by atoms with van der Waals surface area (Å²) >= 11 is 5.16. The Morgan fingerprint density at radius 1 is 0.589 bits per heavy atom. The SMILES string of the molecule is C.CC(C)(C)C(=O)OCCl.CN1CCN(C(=O)[C@@H]2[C@H](C(=O)O)[C@H]3CC[C@@H]2O3)CC1.CN1CCN(C(=O)[C@@H]2[C@H](C(=O)OCOC(=O)C(C)(C)C)[C@H]3CC[C@@H]2O3)CC1. The topological polar surface area (TPSA) is 182 Å². The number of carbonyl (C=O) groups excluding carboxylic acids is 5. The zero-order chi connectivity index (χ0) is 40.8. The van der Waals surface area contributed by atoms with Gasteiger partial charge < -0.3 is 48.4 Å². The highest BCUT2D eigenvalue weighted by atomic mass is 35.5. The molecule has 6 aliphatic rings. The molecule has 0 aromatic heterocycles. The maximum atomic E-state index is 13.1. The normalized spacial score (nSPS) is 29.9. The van der Waals surface area contributed by atoms with Gasteiger partial charge in [0.25, 0.3) is 0 Å². The van der Waals surface area contributed by atoms with Crippen LogP contribution in [0.5, 0.6) is 0 Å². The van der Waals surface area contributed by atoms with Crippen molar-refractivity contribution >= 4 is 47.3 Å². The van der Waals surface area contributed by atoms with Gasteiger partial charge in [-0.1, -0.05) is 19.0 Å². The van der Waals surface area contributed by atoms with Crippen LogP contribution in [-0.2, 0) is 52.5 Å². The zero-order valence-electron chi connectivity index (χ0n) is 33.6. The van der Waals surface area contributed by atoms with Crippen molar-refractivity contribution in [3.05, 3.63) is 0 Å². The zero-order valence-corrected chi connectivity index (χ0v) is 34.4. The molecule has 0 radical (unpaired) electrons. The molecule has 0 aliphatic carbocycles. The molecule has 0 aromatic carbocycles. The number of likely N-dealkylation sites (N-methyl/N-ethyl adjacent to an activating group) is 2. The van der Waals surface area contributed by atoms with Crippen LogP contribution in [0.2, 0.25) is 0 Å². The lowest BCUT2D eigenvalue weighted by Crippen LogP contribution is -2.52. The molecule has 6 aliphatic heterocycles. The fourth-order valence-corrected chi connectivity index (χ4v) is 7.89. The van der Waals surface area contributed by atoms with Gasteiger partial charge in [-0.05, 0) is 81.3 Å². The molecule has 0 aromatic rings. The first-order chi connectivity index (χ1) is 25.7. The second kappa shape index (κ2) is 20.1. The third kappa shape index (κ3) is 11.8. The molecule has 0 unspecified atom stereocenters. The van der Waals surface area contributed by atoms with Gasteiger partial charge in [0.1, 0.15) is 0 Å². The summed E-state index contributed by atoms with van der Waals surface area (Å²) in [6.07, 6.45) is 2.17. The van der Waals surface area contributed by atoms with Crippen molar-refractivity contribution in [3.8, 4) is 0 Å². The third-order valence-electron chi connectivity index (χ3n) is 11.1. The number of amides is 2. The quantitative estimate of drug-likeness (QED) is 0.225. The van der Waals surface area contributed by atoms with E-state index in [4.69, 9.17) is 30.5 Å². The maximum absolute atomic E-state index is 13.1. The van der Waals surface area contributed by atoms with E-state index in [0.717, 1.165) is 51.9 Å². The Balaban J connectivity index is 0.000000252. The van der Waals surface area contributed by atoms with Crippen LogP contribution in [0.25, 0.3) is 0 Å². The first-order valence-electron chi connectivity index (χ1n) is 19.3. The molecule has 4 bridgehead atoms. The highest BCUT2D eigenvalue weighted by Crippen LogP contribution is 2.46. The van der Waals surface area contributed by atoms with E-state index in [0.29, 0.717) is 26.2 Å². The fourth-order valence-electron chi connectivity index (χ4n) is 7.79. The number of carbonyl (C=O) groups is 6. The van der Waals surface area contributed by atoms with Gasteiger partial charge in [0, 0.05) is 52.4 Å². The van der Waals surface area contributed by atoms with Gasteiger partial charge in [0.15, 0.2) is 6.07 Å². The number of piperazine rings is 2. The van der Waals surface area contributed by atoms with E-state index < -0.39 is 59.2 Å². The molecule has 6 fully saturated rings. The van der Waals surface area contributed by atoms with Gasteiger partial charge in [-0.2, -0.15) is 0 Å². The number of rotatable bonds is 7. The largest absolute Gasteiger partial charge is 0.481 e. The van der Waals surface area contributed by atoms with Crippen LogP contribution >= 0.6 is 11.6 Å². The van der Waals surface area contributed by atoms with Crippen LogP contribution in [0.3, 0.4) is 0 Å². The predicted molar refractivity (Wildman–Crippen MR) is 205 cm³/mol. The van der Waals surface area contributed by atoms with Gasteiger partial charge >= 0.3 is 23.9 Å². The Morgan fingerprint density at radius 3 is 1.30 bits per heavy atom. The second-order valence-electron chi connectivity index (χ2n) is 17.3. The molecule has 6 heterocycles. The van der Waals surface area contributed by atoms with Gasteiger partial charge in [0.2, 0.25) is 18.6 Å². The predicted octanol–water partition coefficient (Wildman–Crippen LogP) is 2.69. The van der Waals surface area contributed by atoms with E-state index in [1.165, 1.54) is 0 Å². The first kappa shape index (κ1) is 47.3.